The molecule has 9 nitrogen and oxygen atoms in total. The quantitative estimate of drug-likeness (QED) is 0.213. The number of rotatable bonds is 8. The summed E-state index contributed by atoms with van der Waals surface area (Å²) in [7, 11) is 0. The lowest BCUT2D eigenvalue weighted by atomic mass is 9.99. The molecule has 4 aromatic rings. The van der Waals surface area contributed by atoms with Crippen LogP contribution >= 0.6 is 34.8 Å². The topological polar surface area (TPSA) is 115 Å². The second-order valence-corrected chi connectivity index (χ2v) is 12.1. The molecule has 1 N–H and O–H groups in total. The Hall–Kier alpha value is -3.11. The summed E-state index contributed by atoms with van der Waals surface area (Å²) < 4.78 is 17.9. The zero-order chi connectivity index (χ0) is 28.2. The summed E-state index contributed by atoms with van der Waals surface area (Å²) >= 11 is 19.2. The Morgan fingerprint density at radius 2 is 1.71 bits per heavy atom. The minimum absolute atomic E-state index is 0.0211. The smallest absolute Gasteiger partial charge is 0.337 e. The van der Waals surface area contributed by atoms with Crippen LogP contribution in [0.5, 0.6) is 0 Å². The molecule has 2 aromatic carbocycles. The van der Waals surface area contributed by atoms with Gasteiger partial charge in [-0.3, -0.25) is 0 Å². The molecule has 4 heterocycles. The monoisotopic (exact) mass is 614 g/mol. The van der Waals surface area contributed by atoms with Crippen LogP contribution in [0.15, 0.2) is 45.4 Å². The fraction of sp³-hybridized carbons (Fsp3) is 0.379. The third-order valence-corrected chi connectivity index (χ3v) is 9.15. The van der Waals surface area contributed by atoms with E-state index in [-0.39, 0.29) is 28.8 Å². The van der Waals surface area contributed by atoms with Crippen LogP contribution in [0.2, 0.25) is 15.1 Å². The van der Waals surface area contributed by atoms with Crippen molar-refractivity contribution in [3.8, 4) is 22.7 Å². The van der Waals surface area contributed by atoms with Crippen LogP contribution in [0.4, 0.5) is 5.95 Å². The predicted octanol–water partition coefficient (Wildman–Crippen LogP) is 7.64. The first-order valence-corrected chi connectivity index (χ1v) is 14.7. The lowest BCUT2D eigenvalue weighted by Gasteiger charge is -2.37. The average molecular weight is 616 g/mol. The summed E-state index contributed by atoms with van der Waals surface area (Å²) in [6.07, 6.45) is 5.86. The molecule has 212 valence electrons. The van der Waals surface area contributed by atoms with Gasteiger partial charge < -0.3 is 23.8 Å². The number of benzene rings is 2. The van der Waals surface area contributed by atoms with E-state index in [4.69, 9.17) is 48.6 Å². The third-order valence-electron chi connectivity index (χ3n) is 8.21. The number of anilines is 1. The highest BCUT2D eigenvalue weighted by atomic mass is 35.5. The Morgan fingerprint density at radius 3 is 2.37 bits per heavy atom. The van der Waals surface area contributed by atoms with Gasteiger partial charge in [0.2, 0.25) is 0 Å². The first-order valence-electron chi connectivity index (χ1n) is 13.6. The van der Waals surface area contributed by atoms with Gasteiger partial charge in [0.05, 0.1) is 33.3 Å². The van der Waals surface area contributed by atoms with E-state index in [1.165, 1.54) is 12.1 Å². The number of piperidine rings is 1. The summed E-state index contributed by atoms with van der Waals surface area (Å²) in [5.74, 6) is 0.952. The van der Waals surface area contributed by atoms with Crippen LogP contribution in [0.25, 0.3) is 22.7 Å². The van der Waals surface area contributed by atoms with E-state index in [1.807, 2.05) is 6.07 Å². The Balaban J connectivity index is 1.07. The Kier molecular flexibility index (Phi) is 6.93. The number of carboxylic acids is 1. The van der Waals surface area contributed by atoms with Gasteiger partial charge in [-0.2, -0.15) is 4.98 Å². The molecule has 3 fully saturated rings. The van der Waals surface area contributed by atoms with Crippen molar-refractivity contribution in [3.63, 3.8) is 0 Å². The zero-order valence-electron chi connectivity index (χ0n) is 21.7. The predicted molar refractivity (Wildman–Crippen MR) is 153 cm³/mol. The Bertz CT molecular complexity index is 1600. The number of nitrogens with zero attached hydrogens (tertiary/aromatic N) is 4. The first kappa shape index (κ1) is 26.8. The molecular formula is C29H25Cl3N4O5. The number of ether oxygens (including phenoxy) is 1. The van der Waals surface area contributed by atoms with Crippen LogP contribution in [0.1, 0.15) is 66.1 Å². The van der Waals surface area contributed by atoms with E-state index in [0.717, 1.165) is 49.8 Å². The molecule has 2 aromatic heterocycles. The standard InChI is InChI=1S/C29H25Cl3N4O5/c30-21-2-1-3-22(31)24(21)25-20(26(40-34-25)14-4-5-14)13-39-18-11-16-7-8-17(12-18)36(16)29-33-27(41-35-29)15-6-9-19(28(37)38)23(32)10-15/h1-3,6,9-10,14,16-18H,4-5,7-8,11-13H2,(H,37,38)/t16-,17?,18+/m0/s1. The van der Waals surface area contributed by atoms with E-state index >= 15 is 0 Å². The molecule has 41 heavy (non-hydrogen) atoms. The number of hydrogen-bond donors (Lipinski definition) is 1. The molecule has 1 saturated carbocycles. The van der Waals surface area contributed by atoms with E-state index in [2.05, 4.69) is 20.2 Å². The number of carbonyl (C=O) groups is 1. The number of halogens is 3. The van der Waals surface area contributed by atoms with Gasteiger partial charge in [-0.05, 0) is 74.0 Å². The van der Waals surface area contributed by atoms with Crippen molar-refractivity contribution in [2.24, 2.45) is 0 Å². The van der Waals surface area contributed by atoms with Crippen molar-refractivity contribution < 1.29 is 23.7 Å². The number of hydrogen-bond acceptors (Lipinski definition) is 8. The van der Waals surface area contributed by atoms with Crippen LogP contribution in [-0.2, 0) is 11.3 Å². The largest absolute Gasteiger partial charge is 0.478 e. The lowest BCUT2D eigenvalue weighted by Crippen LogP contribution is -2.46. The molecular weight excluding hydrogens is 591 g/mol. The number of fused-ring (bicyclic) bond motifs is 2. The van der Waals surface area contributed by atoms with Crippen molar-refractivity contribution >= 4 is 46.7 Å². The Labute approximate surface area is 250 Å². The molecule has 2 aliphatic heterocycles. The number of aromatic nitrogens is 3. The molecule has 1 unspecified atom stereocenters. The molecule has 0 amide bonds. The minimum atomic E-state index is -1.09. The van der Waals surface area contributed by atoms with Gasteiger partial charge in [-0.25, -0.2) is 4.79 Å². The fourth-order valence-corrected chi connectivity index (χ4v) is 6.94. The maximum atomic E-state index is 11.3. The highest BCUT2D eigenvalue weighted by Crippen LogP contribution is 2.47. The Morgan fingerprint density at radius 1 is 0.976 bits per heavy atom. The van der Waals surface area contributed by atoms with Crippen molar-refractivity contribution in [3.05, 3.63) is 68.4 Å². The van der Waals surface area contributed by atoms with Crippen LogP contribution in [-0.4, -0.2) is 44.6 Å². The van der Waals surface area contributed by atoms with Gasteiger partial charge in [0.1, 0.15) is 11.5 Å². The molecule has 1 aliphatic carbocycles. The van der Waals surface area contributed by atoms with E-state index in [0.29, 0.717) is 51.2 Å². The lowest BCUT2D eigenvalue weighted by molar-refractivity contribution is 0.0144. The summed E-state index contributed by atoms with van der Waals surface area (Å²) in [6, 6.07) is 10.4. The summed E-state index contributed by atoms with van der Waals surface area (Å²) in [6.45, 7) is 0.371. The summed E-state index contributed by atoms with van der Waals surface area (Å²) in [4.78, 5) is 18.1. The first-order chi connectivity index (χ1) is 19.9. The van der Waals surface area contributed by atoms with Crippen molar-refractivity contribution in [1.82, 2.24) is 15.3 Å². The van der Waals surface area contributed by atoms with Gasteiger partial charge >= 0.3 is 5.97 Å². The van der Waals surface area contributed by atoms with Crippen molar-refractivity contribution in [1.29, 1.82) is 0 Å². The van der Waals surface area contributed by atoms with Gasteiger partial charge in [0, 0.05) is 34.7 Å². The van der Waals surface area contributed by atoms with E-state index in [1.54, 1.807) is 18.2 Å². The minimum Gasteiger partial charge on any atom is -0.478 e. The third kappa shape index (κ3) is 4.99. The van der Waals surface area contributed by atoms with Crippen LogP contribution in [0, 0.1) is 0 Å². The molecule has 0 spiro atoms. The maximum Gasteiger partial charge on any atom is 0.337 e. The average Bonchev–Trinajstić information content (AvgIpc) is 3.41. The zero-order valence-corrected chi connectivity index (χ0v) is 24.0. The molecule has 2 saturated heterocycles. The van der Waals surface area contributed by atoms with Gasteiger partial charge in [0.25, 0.3) is 11.8 Å². The molecule has 3 atom stereocenters. The van der Waals surface area contributed by atoms with Gasteiger partial charge in [0.15, 0.2) is 0 Å². The van der Waals surface area contributed by atoms with E-state index < -0.39 is 5.97 Å². The SMILES string of the molecule is O=C(O)c1ccc(-c2nc(N3C4CC[C@H]3C[C@@H](OCc3c(-c5c(Cl)cccc5Cl)noc3C3CC3)C4)no2)cc1Cl. The van der Waals surface area contributed by atoms with Gasteiger partial charge in [-0.1, -0.05) is 46.0 Å². The van der Waals surface area contributed by atoms with Gasteiger partial charge in [-0.15, -0.1) is 0 Å². The van der Waals surface area contributed by atoms with E-state index in [9.17, 15) is 9.90 Å². The molecule has 7 rings (SSSR count). The molecule has 3 aliphatic rings. The molecule has 12 heteroatoms. The van der Waals surface area contributed by atoms with Crippen LogP contribution < -0.4 is 4.90 Å². The van der Waals surface area contributed by atoms with Crippen molar-refractivity contribution in [2.75, 3.05) is 4.90 Å². The second kappa shape index (κ2) is 10.6. The van der Waals surface area contributed by atoms with Crippen LogP contribution in [0.3, 0.4) is 0 Å². The highest BCUT2D eigenvalue weighted by molar-refractivity contribution is 6.39. The normalized spacial score (nSPS) is 21.9. The second-order valence-electron chi connectivity index (χ2n) is 10.8. The molecule has 0 radical (unpaired) electrons. The fourth-order valence-electron chi connectivity index (χ4n) is 6.10. The summed E-state index contributed by atoms with van der Waals surface area (Å²) in [5, 5.41) is 19.0. The molecule has 2 bridgehead atoms. The number of aromatic carboxylic acids is 1. The highest BCUT2D eigenvalue weighted by Gasteiger charge is 2.43. The summed E-state index contributed by atoms with van der Waals surface area (Å²) in [5.41, 5.74) is 2.84. The van der Waals surface area contributed by atoms with Crippen molar-refractivity contribution in [2.45, 2.75) is 69.2 Å². The number of carboxylic acid groups (broad SMARTS) is 1. The maximum absolute atomic E-state index is 11.3.